The van der Waals surface area contributed by atoms with Crippen LogP contribution in [0.25, 0.3) is 0 Å². The lowest BCUT2D eigenvalue weighted by molar-refractivity contribution is -0.142. The summed E-state index contributed by atoms with van der Waals surface area (Å²) >= 11 is 3.20. The number of ether oxygens (including phenoxy) is 1. The zero-order valence-corrected chi connectivity index (χ0v) is 13.0. The van der Waals surface area contributed by atoms with Crippen LogP contribution in [-0.2, 0) is 4.79 Å². The van der Waals surface area contributed by atoms with Gasteiger partial charge < -0.3 is 15.2 Å². The van der Waals surface area contributed by atoms with E-state index in [-0.39, 0.29) is 17.8 Å². The van der Waals surface area contributed by atoms with Crippen molar-refractivity contribution in [2.75, 3.05) is 6.61 Å². The molecule has 2 N–H and O–H groups in total. The molecule has 0 amide bonds. The average Bonchev–Trinajstić information content (AvgIpc) is 2.82. The van der Waals surface area contributed by atoms with Crippen molar-refractivity contribution in [1.82, 2.24) is 5.32 Å². The van der Waals surface area contributed by atoms with Crippen LogP contribution in [-0.4, -0.2) is 23.7 Å². The van der Waals surface area contributed by atoms with Gasteiger partial charge in [0.05, 0.1) is 16.4 Å². The molecule has 114 valence electrons. The molecule has 1 atom stereocenters. The number of carboxylic acids is 1. The molecule has 1 aromatic carbocycles. The van der Waals surface area contributed by atoms with E-state index in [1.165, 1.54) is 6.07 Å². The number of nitrogens with one attached hydrogen (secondary N) is 1. The molecule has 1 heterocycles. The van der Waals surface area contributed by atoms with Crippen LogP contribution in [0.15, 0.2) is 16.6 Å². The van der Waals surface area contributed by atoms with Gasteiger partial charge in [0.2, 0.25) is 0 Å². The second-order valence-corrected chi connectivity index (χ2v) is 6.58. The highest BCUT2D eigenvalue weighted by atomic mass is 79.9. The van der Waals surface area contributed by atoms with Gasteiger partial charge in [-0.2, -0.15) is 0 Å². The van der Waals surface area contributed by atoms with Gasteiger partial charge >= 0.3 is 5.97 Å². The number of fused-ring (bicyclic) bond motifs is 1. The molecule has 0 bridgehead atoms. The lowest BCUT2D eigenvalue weighted by Crippen LogP contribution is -2.37. The van der Waals surface area contributed by atoms with E-state index in [2.05, 4.69) is 21.2 Å². The summed E-state index contributed by atoms with van der Waals surface area (Å²) in [6.07, 6.45) is 3.12. The fourth-order valence-electron chi connectivity index (χ4n) is 3.13. The molecule has 0 aromatic heterocycles. The quantitative estimate of drug-likeness (QED) is 0.871. The molecule has 1 aromatic rings. The summed E-state index contributed by atoms with van der Waals surface area (Å²) in [5.41, 5.74) is 0.962. The van der Waals surface area contributed by atoms with E-state index >= 15 is 0 Å². The molecule has 1 unspecified atom stereocenters. The minimum atomic E-state index is -0.692. The molecule has 0 saturated heterocycles. The van der Waals surface area contributed by atoms with Crippen molar-refractivity contribution >= 4 is 21.9 Å². The zero-order valence-electron chi connectivity index (χ0n) is 11.4. The Labute approximate surface area is 130 Å². The Kier molecular flexibility index (Phi) is 4.17. The van der Waals surface area contributed by atoms with Crippen LogP contribution in [0.5, 0.6) is 5.75 Å². The molecule has 1 fully saturated rings. The van der Waals surface area contributed by atoms with Gasteiger partial charge in [0.25, 0.3) is 0 Å². The lowest BCUT2D eigenvalue weighted by Gasteiger charge is -2.29. The summed E-state index contributed by atoms with van der Waals surface area (Å²) < 4.78 is 19.4. The van der Waals surface area contributed by atoms with Gasteiger partial charge in [-0.15, -0.1) is 0 Å². The number of benzene rings is 1. The predicted octanol–water partition coefficient (Wildman–Crippen LogP) is 3.25. The highest BCUT2D eigenvalue weighted by molar-refractivity contribution is 9.10. The number of aliphatic carboxylic acids is 1. The summed E-state index contributed by atoms with van der Waals surface area (Å²) in [7, 11) is 0. The average molecular weight is 358 g/mol. The van der Waals surface area contributed by atoms with E-state index < -0.39 is 5.97 Å². The van der Waals surface area contributed by atoms with Gasteiger partial charge in [-0.05, 0) is 47.7 Å². The molecule has 1 aliphatic heterocycles. The van der Waals surface area contributed by atoms with E-state index in [0.717, 1.165) is 18.4 Å². The molecule has 1 saturated carbocycles. The van der Waals surface area contributed by atoms with E-state index in [1.54, 1.807) is 6.07 Å². The predicted molar refractivity (Wildman–Crippen MR) is 78.9 cm³/mol. The third-order valence-corrected chi connectivity index (χ3v) is 4.95. The van der Waals surface area contributed by atoms with Crippen molar-refractivity contribution in [2.24, 2.45) is 5.92 Å². The molecular formula is C15H17BrFNO3. The SMILES string of the molecule is O=C(O)C1CCC(NC2COc3cc(F)c(Br)cc32)CC1. The summed E-state index contributed by atoms with van der Waals surface area (Å²) in [6.45, 7) is 0.490. The van der Waals surface area contributed by atoms with Crippen molar-refractivity contribution in [3.05, 3.63) is 28.0 Å². The first-order chi connectivity index (χ1) is 10.0. The van der Waals surface area contributed by atoms with Crippen LogP contribution in [0.4, 0.5) is 4.39 Å². The maximum Gasteiger partial charge on any atom is 0.306 e. The largest absolute Gasteiger partial charge is 0.491 e. The molecule has 1 aliphatic carbocycles. The molecule has 0 radical (unpaired) electrons. The smallest absolute Gasteiger partial charge is 0.306 e. The first-order valence-electron chi connectivity index (χ1n) is 7.15. The number of rotatable bonds is 3. The third kappa shape index (κ3) is 3.06. The topological polar surface area (TPSA) is 58.6 Å². The standard InChI is InChI=1S/C15H17BrFNO3/c16-11-5-10-13(7-21-14(10)6-12(11)17)18-9-3-1-8(2-4-9)15(19)20/h5-6,8-9,13,18H,1-4,7H2,(H,19,20). The second-order valence-electron chi connectivity index (χ2n) is 5.72. The van der Waals surface area contributed by atoms with Crippen LogP contribution >= 0.6 is 15.9 Å². The van der Waals surface area contributed by atoms with Crippen LogP contribution < -0.4 is 10.1 Å². The maximum absolute atomic E-state index is 13.5. The molecular weight excluding hydrogens is 341 g/mol. The molecule has 0 spiro atoms. The fourth-order valence-corrected chi connectivity index (χ4v) is 3.49. The second kappa shape index (κ2) is 5.93. The normalized spacial score (nSPS) is 28.0. The Morgan fingerprint density at radius 1 is 1.33 bits per heavy atom. The van der Waals surface area contributed by atoms with Crippen molar-refractivity contribution in [2.45, 2.75) is 37.8 Å². The van der Waals surface area contributed by atoms with Gasteiger partial charge in [0.15, 0.2) is 0 Å². The molecule has 3 rings (SSSR count). The highest BCUT2D eigenvalue weighted by Crippen LogP contribution is 2.37. The van der Waals surface area contributed by atoms with Gasteiger partial charge in [0.1, 0.15) is 18.2 Å². The number of carboxylic acid groups (broad SMARTS) is 1. The minimum absolute atomic E-state index is 0.0447. The van der Waals surface area contributed by atoms with E-state index in [4.69, 9.17) is 9.84 Å². The van der Waals surface area contributed by atoms with Gasteiger partial charge in [-0.25, -0.2) is 4.39 Å². The van der Waals surface area contributed by atoms with E-state index in [9.17, 15) is 9.18 Å². The summed E-state index contributed by atoms with van der Waals surface area (Å²) in [5, 5.41) is 12.5. The molecule has 4 nitrogen and oxygen atoms in total. The first kappa shape index (κ1) is 14.8. The van der Waals surface area contributed by atoms with E-state index in [1.807, 2.05) is 0 Å². The van der Waals surface area contributed by atoms with Crippen molar-refractivity contribution in [3.8, 4) is 5.75 Å². The highest BCUT2D eigenvalue weighted by Gasteiger charge is 2.31. The Hall–Kier alpha value is -1.14. The van der Waals surface area contributed by atoms with Crippen LogP contribution in [0.3, 0.4) is 0 Å². The third-order valence-electron chi connectivity index (χ3n) is 4.35. The molecule has 2 aliphatic rings. The van der Waals surface area contributed by atoms with Crippen molar-refractivity contribution < 1.29 is 19.0 Å². The zero-order chi connectivity index (χ0) is 15.0. The van der Waals surface area contributed by atoms with Crippen molar-refractivity contribution in [1.29, 1.82) is 0 Å². The summed E-state index contributed by atoms with van der Waals surface area (Å²) in [5.74, 6) is -0.635. The summed E-state index contributed by atoms with van der Waals surface area (Å²) in [6, 6.07) is 3.51. The minimum Gasteiger partial charge on any atom is -0.491 e. The Morgan fingerprint density at radius 3 is 2.71 bits per heavy atom. The van der Waals surface area contributed by atoms with Crippen LogP contribution in [0, 0.1) is 11.7 Å². The van der Waals surface area contributed by atoms with Crippen molar-refractivity contribution in [3.63, 3.8) is 0 Å². The van der Waals surface area contributed by atoms with Gasteiger partial charge in [0, 0.05) is 17.7 Å². The monoisotopic (exact) mass is 357 g/mol. The molecule has 6 heteroatoms. The van der Waals surface area contributed by atoms with Crippen LogP contribution in [0.1, 0.15) is 37.3 Å². The van der Waals surface area contributed by atoms with Gasteiger partial charge in [-0.3, -0.25) is 4.79 Å². The Bertz CT molecular complexity index is 558. The number of halogens is 2. The molecule has 21 heavy (non-hydrogen) atoms. The van der Waals surface area contributed by atoms with E-state index in [0.29, 0.717) is 35.7 Å². The number of hydrogen-bond donors (Lipinski definition) is 2. The fraction of sp³-hybridized carbons (Fsp3) is 0.533. The Morgan fingerprint density at radius 2 is 2.05 bits per heavy atom. The lowest BCUT2D eigenvalue weighted by atomic mass is 9.85. The summed E-state index contributed by atoms with van der Waals surface area (Å²) in [4.78, 5) is 11.0. The van der Waals surface area contributed by atoms with Gasteiger partial charge in [-0.1, -0.05) is 0 Å². The number of hydrogen-bond acceptors (Lipinski definition) is 3. The van der Waals surface area contributed by atoms with Crippen LogP contribution in [0.2, 0.25) is 0 Å². The number of carbonyl (C=O) groups is 1. The first-order valence-corrected chi connectivity index (χ1v) is 7.94. The Balaban J connectivity index is 1.64. The maximum atomic E-state index is 13.5.